The second-order valence-electron chi connectivity index (χ2n) is 3.26. The van der Waals surface area contributed by atoms with Crippen LogP contribution in [0.3, 0.4) is 0 Å². The van der Waals surface area contributed by atoms with Crippen molar-refractivity contribution in [2.75, 3.05) is 7.05 Å². The minimum absolute atomic E-state index is 0.0311. The van der Waals surface area contributed by atoms with E-state index in [0.717, 1.165) is 5.76 Å². The normalized spacial score (nSPS) is 14.8. The molecule has 1 heterocycles. The first-order chi connectivity index (χ1) is 6.65. The summed E-state index contributed by atoms with van der Waals surface area (Å²) in [7, 11) is 1.75. The molecule has 0 radical (unpaired) electrons. The van der Waals surface area contributed by atoms with Crippen molar-refractivity contribution in [1.29, 1.82) is 0 Å². The first kappa shape index (κ1) is 10.8. The summed E-state index contributed by atoms with van der Waals surface area (Å²) in [6.45, 7) is 3.70. The Morgan fingerprint density at radius 1 is 1.50 bits per heavy atom. The molecule has 78 valence electrons. The maximum absolute atomic E-state index is 11.5. The average molecular weight is 196 g/mol. The van der Waals surface area contributed by atoms with Crippen molar-refractivity contribution in [3.8, 4) is 0 Å². The molecule has 4 heteroatoms. The zero-order valence-corrected chi connectivity index (χ0v) is 8.70. The molecule has 0 saturated carbocycles. The van der Waals surface area contributed by atoms with Crippen LogP contribution in [0, 0.1) is 0 Å². The van der Waals surface area contributed by atoms with Crippen LogP contribution in [0.4, 0.5) is 0 Å². The van der Waals surface area contributed by atoms with Gasteiger partial charge < -0.3 is 15.1 Å². The summed E-state index contributed by atoms with van der Waals surface area (Å²) >= 11 is 0. The van der Waals surface area contributed by atoms with Gasteiger partial charge in [-0.15, -0.1) is 0 Å². The van der Waals surface area contributed by atoms with Crippen molar-refractivity contribution in [2.45, 2.75) is 25.9 Å². The molecule has 0 fully saturated rings. The third-order valence-electron chi connectivity index (χ3n) is 2.16. The van der Waals surface area contributed by atoms with Gasteiger partial charge in [-0.25, -0.2) is 0 Å². The van der Waals surface area contributed by atoms with Gasteiger partial charge >= 0.3 is 0 Å². The zero-order chi connectivity index (χ0) is 10.6. The monoisotopic (exact) mass is 196 g/mol. The van der Waals surface area contributed by atoms with Gasteiger partial charge in [0.15, 0.2) is 0 Å². The van der Waals surface area contributed by atoms with E-state index in [1.54, 1.807) is 19.4 Å². The molecule has 1 rings (SSSR count). The highest BCUT2D eigenvalue weighted by atomic mass is 16.3. The molecule has 0 aromatic carbocycles. The molecule has 0 saturated heterocycles. The summed E-state index contributed by atoms with van der Waals surface area (Å²) in [5, 5.41) is 5.71. The summed E-state index contributed by atoms with van der Waals surface area (Å²) < 4.78 is 5.17. The molecule has 1 amide bonds. The highest BCUT2D eigenvalue weighted by molar-refractivity contribution is 5.81. The third kappa shape index (κ3) is 2.60. The lowest BCUT2D eigenvalue weighted by Gasteiger charge is -2.15. The number of rotatable bonds is 4. The highest BCUT2D eigenvalue weighted by Crippen LogP contribution is 2.11. The average Bonchev–Trinajstić information content (AvgIpc) is 2.69. The molecule has 2 atom stereocenters. The number of furan rings is 1. The summed E-state index contributed by atoms with van der Waals surface area (Å²) in [6, 6.07) is 3.37. The van der Waals surface area contributed by atoms with Crippen molar-refractivity contribution in [1.82, 2.24) is 10.6 Å². The summed E-state index contributed by atoms with van der Waals surface area (Å²) in [5.41, 5.74) is 0. The molecule has 0 aliphatic heterocycles. The van der Waals surface area contributed by atoms with Crippen LogP contribution in [0.2, 0.25) is 0 Å². The van der Waals surface area contributed by atoms with Crippen molar-refractivity contribution < 1.29 is 9.21 Å². The van der Waals surface area contributed by atoms with Crippen molar-refractivity contribution in [2.24, 2.45) is 0 Å². The standard InChI is InChI=1S/C10H16N2O2/c1-7(9-5-4-6-14-9)12-10(13)8(2)11-3/h4-8,11H,1-3H3,(H,12,13)/t7-,8?/m0/s1. The molecule has 0 aliphatic rings. The molecule has 0 spiro atoms. The fraction of sp³-hybridized carbons (Fsp3) is 0.500. The van der Waals surface area contributed by atoms with Gasteiger partial charge in [0.25, 0.3) is 0 Å². The Morgan fingerprint density at radius 2 is 2.21 bits per heavy atom. The van der Waals surface area contributed by atoms with Crippen LogP contribution in [0.25, 0.3) is 0 Å². The maximum atomic E-state index is 11.5. The zero-order valence-electron chi connectivity index (χ0n) is 8.70. The van der Waals surface area contributed by atoms with Gasteiger partial charge in [0.05, 0.1) is 18.3 Å². The van der Waals surface area contributed by atoms with E-state index < -0.39 is 0 Å². The Labute approximate surface area is 83.7 Å². The lowest BCUT2D eigenvalue weighted by molar-refractivity contribution is -0.123. The predicted octanol–water partition coefficient (Wildman–Crippen LogP) is 1.06. The number of carbonyl (C=O) groups is 1. The molecule has 2 N–H and O–H groups in total. The third-order valence-corrected chi connectivity index (χ3v) is 2.16. The molecule has 1 aromatic heterocycles. The number of hydrogen-bond donors (Lipinski definition) is 2. The van der Waals surface area contributed by atoms with Gasteiger partial charge in [0.1, 0.15) is 5.76 Å². The Morgan fingerprint density at radius 3 is 2.71 bits per heavy atom. The molecule has 4 nitrogen and oxygen atoms in total. The van der Waals surface area contributed by atoms with Gasteiger partial charge in [-0.3, -0.25) is 4.79 Å². The second-order valence-corrected chi connectivity index (χ2v) is 3.26. The van der Waals surface area contributed by atoms with Crippen molar-refractivity contribution in [3.05, 3.63) is 24.2 Å². The van der Waals surface area contributed by atoms with Crippen molar-refractivity contribution in [3.63, 3.8) is 0 Å². The molecule has 0 bridgehead atoms. The van der Waals surface area contributed by atoms with Gasteiger partial charge in [0.2, 0.25) is 5.91 Å². The van der Waals surface area contributed by atoms with Gasteiger partial charge in [-0.05, 0) is 33.0 Å². The first-order valence-electron chi connectivity index (χ1n) is 4.66. The predicted molar refractivity (Wildman–Crippen MR) is 53.8 cm³/mol. The molecule has 0 aliphatic carbocycles. The number of amides is 1. The Bertz CT molecular complexity index is 282. The van der Waals surface area contributed by atoms with E-state index in [-0.39, 0.29) is 18.0 Å². The smallest absolute Gasteiger partial charge is 0.237 e. The number of hydrogen-bond acceptors (Lipinski definition) is 3. The van der Waals surface area contributed by atoms with Crippen LogP contribution >= 0.6 is 0 Å². The quantitative estimate of drug-likeness (QED) is 0.757. The molecule has 14 heavy (non-hydrogen) atoms. The molecule has 1 aromatic rings. The van der Waals surface area contributed by atoms with E-state index in [2.05, 4.69) is 10.6 Å². The number of carbonyl (C=O) groups excluding carboxylic acids is 1. The van der Waals surface area contributed by atoms with E-state index in [1.165, 1.54) is 0 Å². The van der Waals surface area contributed by atoms with Crippen molar-refractivity contribution >= 4 is 5.91 Å². The molecular weight excluding hydrogens is 180 g/mol. The molecule has 1 unspecified atom stereocenters. The minimum Gasteiger partial charge on any atom is -0.467 e. The number of likely N-dealkylation sites (N-methyl/N-ethyl adjacent to an activating group) is 1. The van der Waals surface area contributed by atoms with E-state index in [1.807, 2.05) is 19.9 Å². The van der Waals surface area contributed by atoms with Gasteiger partial charge in [0, 0.05) is 0 Å². The lowest BCUT2D eigenvalue weighted by atomic mass is 10.2. The Balaban J connectivity index is 2.49. The lowest BCUT2D eigenvalue weighted by Crippen LogP contribution is -2.41. The second kappa shape index (κ2) is 4.81. The van der Waals surface area contributed by atoms with E-state index in [4.69, 9.17) is 4.42 Å². The van der Waals surface area contributed by atoms with E-state index in [9.17, 15) is 4.79 Å². The maximum Gasteiger partial charge on any atom is 0.237 e. The fourth-order valence-corrected chi connectivity index (χ4v) is 1.08. The summed E-state index contributed by atoms with van der Waals surface area (Å²) in [5.74, 6) is 0.734. The summed E-state index contributed by atoms with van der Waals surface area (Å²) in [4.78, 5) is 11.5. The van der Waals surface area contributed by atoms with Crippen LogP contribution < -0.4 is 10.6 Å². The molecular formula is C10H16N2O2. The van der Waals surface area contributed by atoms with Gasteiger partial charge in [-0.1, -0.05) is 0 Å². The topological polar surface area (TPSA) is 54.3 Å². The van der Waals surface area contributed by atoms with E-state index in [0.29, 0.717) is 0 Å². The largest absolute Gasteiger partial charge is 0.467 e. The SMILES string of the molecule is CNC(C)C(=O)N[C@@H](C)c1ccco1. The highest BCUT2D eigenvalue weighted by Gasteiger charge is 2.15. The van der Waals surface area contributed by atoms with Crippen LogP contribution in [-0.2, 0) is 4.79 Å². The summed E-state index contributed by atoms with van der Waals surface area (Å²) in [6.07, 6.45) is 1.60. The van der Waals surface area contributed by atoms with Gasteiger partial charge in [-0.2, -0.15) is 0 Å². The Kier molecular flexibility index (Phi) is 3.71. The minimum atomic E-state index is -0.188. The van der Waals surface area contributed by atoms with Crippen LogP contribution in [0.15, 0.2) is 22.8 Å². The Hall–Kier alpha value is -1.29. The van der Waals surface area contributed by atoms with Crippen LogP contribution in [-0.4, -0.2) is 19.0 Å². The van der Waals surface area contributed by atoms with Crippen LogP contribution in [0.1, 0.15) is 25.6 Å². The van der Waals surface area contributed by atoms with Crippen LogP contribution in [0.5, 0.6) is 0 Å². The van der Waals surface area contributed by atoms with E-state index >= 15 is 0 Å². The fourth-order valence-electron chi connectivity index (χ4n) is 1.08. The number of nitrogens with one attached hydrogen (secondary N) is 2. The first-order valence-corrected chi connectivity index (χ1v) is 4.66.